The van der Waals surface area contributed by atoms with Crippen molar-refractivity contribution in [3.05, 3.63) is 35.9 Å². The van der Waals surface area contributed by atoms with Crippen LogP contribution in [0, 0.1) is 11.3 Å². The summed E-state index contributed by atoms with van der Waals surface area (Å²) in [6.45, 7) is 1.28. The molecule has 6 heteroatoms. The molecular weight excluding hydrogens is 284 g/mol. The van der Waals surface area contributed by atoms with Crippen LogP contribution in [0.1, 0.15) is 23.7 Å². The Hall–Kier alpha value is -2.39. The number of morpholine rings is 1. The first-order chi connectivity index (χ1) is 10.6. The number of hydrogen-bond acceptors (Lipinski definition) is 5. The van der Waals surface area contributed by atoms with Crippen molar-refractivity contribution in [2.75, 3.05) is 0 Å². The Morgan fingerprint density at radius 2 is 2.09 bits per heavy atom. The fourth-order valence-corrected chi connectivity index (χ4v) is 3.80. The number of esters is 1. The number of fused-ring (bicyclic) bond motifs is 5. The van der Waals surface area contributed by atoms with Gasteiger partial charge in [0.1, 0.15) is 12.2 Å². The molecule has 0 spiro atoms. The third-order valence-corrected chi connectivity index (χ3v) is 4.65. The number of likely N-dealkylation sites (tertiary alicyclic amines) is 1. The summed E-state index contributed by atoms with van der Waals surface area (Å²) >= 11 is 0. The highest BCUT2D eigenvalue weighted by molar-refractivity contribution is 5.97. The topological polar surface area (TPSA) is 79.4 Å². The fourth-order valence-electron chi connectivity index (χ4n) is 3.80. The van der Waals surface area contributed by atoms with Crippen LogP contribution >= 0.6 is 0 Å². The van der Waals surface area contributed by atoms with Crippen LogP contribution in [0.25, 0.3) is 0 Å². The Morgan fingerprint density at radius 3 is 2.73 bits per heavy atom. The number of nitriles is 1. The molecule has 5 atom stereocenters. The van der Waals surface area contributed by atoms with E-state index in [9.17, 15) is 14.9 Å². The molecule has 112 valence electrons. The van der Waals surface area contributed by atoms with E-state index < -0.39 is 17.7 Å². The second kappa shape index (κ2) is 4.31. The first-order valence-corrected chi connectivity index (χ1v) is 7.21. The molecule has 1 aromatic carbocycles. The third kappa shape index (κ3) is 1.63. The standard InChI is InChI=1S/C16H14N2O4/c1-9(19)22-16(8-17)7-11-12-13(14(16)21-11)18(12)15(20)10-5-3-2-4-6-10/h2-6,11-14H,7H2,1H3. The molecule has 1 aromatic rings. The number of amides is 1. The fraction of sp³-hybridized carbons (Fsp3) is 0.438. The predicted octanol–water partition coefficient (Wildman–Crippen LogP) is 0.876. The van der Waals surface area contributed by atoms with Gasteiger partial charge < -0.3 is 14.4 Å². The molecule has 3 aliphatic rings. The highest BCUT2D eigenvalue weighted by Crippen LogP contribution is 2.56. The number of carbonyl (C=O) groups excluding carboxylic acids is 2. The second-order valence-corrected chi connectivity index (χ2v) is 5.95. The van der Waals surface area contributed by atoms with E-state index in [1.807, 2.05) is 18.2 Å². The number of ether oxygens (including phenoxy) is 2. The van der Waals surface area contributed by atoms with E-state index in [4.69, 9.17) is 9.47 Å². The van der Waals surface area contributed by atoms with E-state index in [-0.39, 0.29) is 24.1 Å². The maximum atomic E-state index is 12.5. The van der Waals surface area contributed by atoms with Gasteiger partial charge in [0.05, 0.1) is 18.2 Å². The average Bonchev–Trinajstić information content (AvgIpc) is 3.02. The minimum absolute atomic E-state index is 0.00487. The number of rotatable bonds is 2. The zero-order valence-corrected chi connectivity index (χ0v) is 11.9. The first kappa shape index (κ1) is 13.3. The van der Waals surface area contributed by atoms with E-state index in [0.29, 0.717) is 12.0 Å². The number of carbonyl (C=O) groups is 2. The van der Waals surface area contributed by atoms with E-state index in [1.165, 1.54) is 6.92 Å². The number of hydrogen-bond donors (Lipinski definition) is 0. The zero-order valence-electron chi connectivity index (χ0n) is 11.9. The molecular formula is C16H14N2O4. The van der Waals surface area contributed by atoms with Crippen molar-refractivity contribution in [2.24, 2.45) is 0 Å². The van der Waals surface area contributed by atoms with Gasteiger partial charge in [-0.1, -0.05) is 18.2 Å². The molecule has 4 rings (SSSR count). The van der Waals surface area contributed by atoms with Crippen LogP contribution in [0.5, 0.6) is 0 Å². The quantitative estimate of drug-likeness (QED) is 0.598. The Bertz CT molecular complexity index is 698. The molecule has 0 saturated carbocycles. The monoisotopic (exact) mass is 298 g/mol. The lowest BCUT2D eigenvalue weighted by molar-refractivity contribution is -0.156. The molecule has 0 radical (unpaired) electrons. The van der Waals surface area contributed by atoms with Gasteiger partial charge in [0.25, 0.3) is 5.91 Å². The van der Waals surface area contributed by atoms with Crippen LogP contribution in [0.2, 0.25) is 0 Å². The van der Waals surface area contributed by atoms with Crippen molar-refractivity contribution < 1.29 is 19.1 Å². The molecule has 3 saturated heterocycles. The molecule has 5 unspecified atom stereocenters. The molecule has 3 heterocycles. The van der Waals surface area contributed by atoms with Crippen LogP contribution in [0.15, 0.2) is 30.3 Å². The summed E-state index contributed by atoms with van der Waals surface area (Å²) in [4.78, 5) is 25.6. The first-order valence-electron chi connectivity index (χ1n) is 7.21. The minimum Gasteiger partial charge on any atom is -0.441 e. The van der Waals surface area contributed by atoms with Gasteiger partial charge in [-0.25, -0.2) is 0 Å². The summed E-state index contributed by atoms with van der Waals surface area (Å²) in [6.07, 6.45) is -0.459. The molecule has 0 aromatic heterocycles. The van der Waals surface area contributed by atoms with Gasteiger partial charge in [-0.15, -0.1) is 0 Å². The second-order valence-electron chi connectivity index (χ2n) is 5.95. The van der Waals surface area contributed by atoms with Crippen molar-refractivity contribution >= 4 is 11.9 Å². The Balaban J connectivity index is 1.58. The number of nitrogens with zero attached hydrogens (tertiary/aromatic N) is 2. The third-order valence-electron chi connectivity index (χ3n) is 4.65. The summed E-state index contributed by atoms with van der Waals surface area (Å²) in [5.74, 6) is -0.568. The summed E-state index contributed by atoms with van der Waals surface area (Å²) < 4.78 is 11.0. The van der Waals surface area contributed by atoms with Gasteiger partial charge in [0, 0.05) is 18.9 Å². The highest BCUT2D eigenvalue weighted by atomic mass is 16.6. The van der Waals surface area contributed by atoms with Crippen LogP contribution in [-0.2, 0) is 14.3 Å². The van der Waals surface area contributed by atoms with E-state index in [2.05, 4.69) is 6.07 Å². The Kier molecular flexibility index (Phi) is 2.60. The Labute approximate surface area is 127 Å². The minimum atomic E-state index is -1.26. The molecule has 3 aliphatic heterocycles. The van der Waals surface area contributed by atoms with E-state index >= 15 is 0 Å². The van der Waals surface area contributed by atoms with Gasteiger partial charge in [0.2, 0.25) is 5.60 Å². The molecule has 0 N–H and O–H groups in total. The highest BCUT2D eigenvalue weighted by Gasteiger charge is 2.76. The Morgan fingerprint density at radius 1 is 1.36 bits per heavy atom. The summed E-state index contributed by atoms with van der Waals surface area (Å²) in [5.41, 5.74) is -0.644. The maximum Gasteiger partial charge on any atom is 0.304 e. The normalized spacial score (nSPS) is 37.4. The molecule has 3 fully saturated rings. The van der Waals surface area contributed by atoms with Gasteiger partial charge in [-0.2, -0.15) is 5.26 Å². The lowest BCUT2D eigenvalue weighted by Crippen LogP contribution is -2.46. The SMILES string of the molecule is CC(=O)OC1(C#N)CC2OC1C1C2N1C(=O)c1ccccc1. The predicted molar refractivity (Wildman–Crippen MR) is 73.6 cm³/mol. The van der Waals surface area contributed by atoms with Crippen LogP contribution in [0.3, 0.4) is 0 Å². The van der Waals surface area contributed by atoms with E-state index in [1.54, 1.807) is 17.0 Å². The van der Waals surface area contributed by atoms with E-state index in [0.717, 1.165) is 0 Å². The molecule has 22 heavy (non-hydrogen) atoms. The van der Waals surface area contributed by atoms with Gasteiger partial charge in [-0.05, 0) is 12.1 Å². The van der Waals surface area contributed by atoms with Crippen molar-refractivity contribution in [1.29, 1.82) is 5.26 Å². The van der Waals surface area contributed by atoms with Crippen molar-refractivity contribution in [3.63, 3.8) is 0 Å². The summed E-state index contributed by atoms with van der Waals surface area (Å²) in [7, 11) is 0. The maximum absolute atomic E-state index is 12.5. The zero-order chi connectivity index (χ0) is 15.5. The van der Waals surface area contributed by atoms with Gasteiger partial charge in [-0.3, -0.25) is 9.59 Å². The average molecular weight is 298 g/mol. The van der Waals surface area contributed by atoms with Crippen LogP contribution in [-0.4, -0.2) is 46.7 Å². The molecule has 6 nitrogen and oxygen atoms in total. The van der Waals surface area contributed by atoms with Crippen LogP contribution < -0.4 is 0 Å². The summed E-state index contributed by atoms with van der Waals surface area (Å²) in [6, 6.07) is 10.9. The number of benzene rings is 1. The van der Waals surface area contributed by atoms with Crippen LogP contribution in [0.4, 0.5) is 0 Å². The lowest BCUT2D eigenvalue weighted by Gasteiger charge is -2.26. The molecule has 1 amide bonds. The summed E-state index contributed by atoms with van der Waals surface area (Å²) in [5, 5.41) is 9.46. The molecule has 2 bridgehead atoms. The van der Waals surface area contributed by atoms with Crippen molar-refractivity contribution in [3.8, 4) is 6.07 Å². The van der Waals surface area contributed by atoms with Crippen molar-refractivity contribution in [2.45, 2.75) is 43.2 Å². The lowest BCUT2D eigenvalue weighted by atomic mass is 9.86. The molecule has 0 aliphatic carbocycles. The van der Waals surface area contributed by atoms with Gasteiger partial charge >= 0.3 is 5.97 Å². The largest absolute Gasteiger partial charge is 0.441 e. The smallest absolute Gasteiger partial charge is 0.304 e. The van der Waals surface area contributed by atoms with Crippen molar-refractivity contribution in [1.82, 2.24) is 4.90 Å². The van der Waals surface area contributed by atoms with Gasteiger partial charge in [0.15, 0.2) is 0 Å².